The molecule has 2 rings (SSSR count). The Hall–Kier alpha value is -1.06. The topological polar surface area (TPSA) is 66.4 Å². The third-order valence-corrected chi connectivity index (χ3v) is 4.83. The van der Waals surface area contributed by atoms with Gasteiger partial charge < -0.3 is 10.4 Å². The summed E-state index contributed by atoms with van der Waals surface area (Å²) >= 11 is 0. The Morgan fingerprint density at radius 3 is 2.37 bits per heavy atom. The molecule has 0 aliphatic heterocycles. The second-order valence-electron chi connectivity index (χ2n) is 6.28. The third-order valence-electron chi connectivity index (χ3n) is 4.83. The van der Waals surface area contributed by atoms with E-state index in [1.54, 1.807) is 0 Å². The molecule has 4 atom stereocenters. The summed E-state index contributed by atoms with van der Waals surface area (Å²) < 4.78 is 0. The van der Waals surface area contributed by atoms with E-state index in [1.165, 1.54) is 19.3 Å². The van der Waals surface area contributed by atoms with Crippen LogP contribution in [-0.4, -0.2) is 23.0 Å². The number of aliphatic carboxylic acids is 1. The van der Waals surface area contributed by atoms with Gasteiger partial charge in [0.2, 0.25) is 5.91 Å². The van der Waals surface area contributed by atoms with E-state index in [1.807, 2.05) is 0 Å². The second-order valence-corrected chi connectivity index (χ2v) is 6.28. The monoisotopic (exact) mass is 267 g/mol. The van der Waals surface area contributed by atoms with Crippen molar-refractivity contribution >= 4 is 11.9 Å². The van der Waals surface area contributed by atoms with Crippen LogP contribution in [0, 0.1) is 17.8 Å². The Bertz CT molecular complexity index is 342. The Morgan fingerprint density at radius 2 is 1.68 bits per heavy atom. The Kier molecular flexibility index (Phi) is 4.83. The summed E-state index contributed by atoms with van der Waals surface area (Å²) in [6.07, 6.45) is 7.65. The molecule has 2 N–H and O–H groups in total. The van der Waals surface area contributed by atoms with Gasteiger partial charge >= 0.3 is 5.97 Å². The van der Waals surface area contributed by atoms with E-state index >= 15 is 0 Å². The van der Waals surface area contributed by atoms with Crippen LogP contribution in [0.5, 0.6) is 0 Å². The predicted molar refractivity (Wildman–Crippen MR) is 72.6 cm³/mol. The van der Waals surface area contributed by atoms with Crippen molar-refractivity contribution in [3.63, 3.8) is 0 Å². The first-order valence-electron chi connectivity index (χ1n) is 7.61. The van der Waals surface area contributed by atoms with Gasteiger partial charge in [0.05, 0.1) is 5.92 Å². The number of carbonyl (C=O) groups excluding carboxylic acids is 1. The zero-order valence-electron chi connectivity index (χ0n) is 11.7. The smallest absolute Gasteiger partial charge is 0.306 e. The number of carboxylic acid groups (broad SMARTS) is 1. The molecule has 0 spiro atoms. The molecule has 0 radical (unpaired) electrons. The van der Waals surface area contributed by atoms with Gasteiger partial charge in [-0.1, -0.05) is 26.2 Å². The largest absolute Gasteiger partial charge is 0.481 e. The summed E-state index contributed by atoms with van der Waals surface area (Å²) in [6, 6.07) is 0.298. The lowest BCUT2D eigenvalue weighted by atomic mass is 9.80. The zero-order valence-corrected chi connectivity index (χ0v) is 11.7. The molecule has 2 aliphatic rings. The van der Waals surface area contributed by atoms with Gasteiger partial charge in [-0.05, 0) is 38.0 Å². The van der Waals surface area contributed by atoms with E-state index in [4.69, 9.17) is 5.11 Å². The van der Waals surface area contributed by atoms with Crippen molar-refractivity contribution in [3.05, 3.63) is 0 Å². The predicted octanol–water partition coefficient (Wildman–Crippen LogP) is 2.57. The normalized spacial score (nSPS) is 35.6. The van der Waals surface area contributed by atoms with Crippen LogP contribution in [0.1, 0.15) is 58.3 Å². The van der Waals surface area contributed by atoms with E-state index < -0.39 is 5.97 Å². The van der Waals surface area contributed by atoms with Crippen molar-refractivity contribution in [2.24, 2.45) is 17.8 Å². The van der Waals surface area contributed by atoms with Gasteiger partial charge in [0.1, 0.15) is 0 Å². The fourth-order valence-electron chi connectivity index (χ4n) is 3.48. The fourth-order valence-corrected chi connectivity index (χ4v) is 3.48. The van der Waals surface area contributed by atoms with Gasteiger partial charge in [0, 0.05) is 12.0 Å². The minimum absolute atomic E-state index is 0.0877. The summed E-state index contributed by atoms with van der Waals surface area (Å²) in [7, 11) is 0. The molecule has 4 nitrogen and oxygen atoms in total. The van der Waals surface area contributed by atoms with E-state index in [0.717, 1.165) is 25.7 Å². The number of rotatable bonds is 3. The number of carbonyl (C=O) groups is 2. The highest BCUT2D eigenvalue weighted by atomic mass is 16.4. The van der Waals surface area contributed by atoms with Crippen LogP contribution in [0.25, 0.3) is 0 Å². The lowest BCUT2D eigenvalue weighted by Crippen LogP contribution is -2.45. The van der Waals surface area contributed by atoms with Crippen molar-refractivity contribution < 1.29 is 14.7 Å². The number of carboxylic acids is 1. The first-order chi connectivity index (χ1) is 9.08. The quantitative estimate of drug-likeness (QED) is 0.826. The molecule has 4 heteroatoms. The number of hydrogen-bond acceptors (Lipinski definition) is 2. The van der Waals surface area contributed by atoms with Gasteiger partial charge in [0.25, 0.3) is 0 Å². The van der Waals surface area contributed by atoms with Crippen LogP contribution in [0.4, 0.5) is 0 Å². The highest BCUT2D eigenvalue weighted by Crippen LogP contribution is 2.30. The SMILES string of the molecule is CC1CCCCC1NC(=O)C1CCCC(C(=O)O)C1. The molecular formula is C15H25NO3. The first kappa shape index (κ1) is 14.4. The van der Waals surface area contributed by atoms with Gasteiger partial charge in [-0.15, -0.1) is 0 Å². The van der Waals surface area contributed by atoms with Gasteiger partial charge in [-0.2, -0.15) is 0 Å². The lowest BCUT2D eigenvalue weighted by molar-refractivity contribution is -0.144. The molecule has 0 bridgehead atoms. The van der Waals surface area contributed by atoms with Crippen LogP contribution in [0.2, 0.25) is 0 Å². The molecule has 2 aliphatic carbocycles. The molecule has 19 heavy (non-hydrogen) atoms. The van der Waals surface area contributed by atoms with Gasteiger partial charge in [-0.3, -0.25) is 9.59 Å². The summed E-state index contributed by atoms with van der Waals surface area (Å²) in [6.45, 7) is 2.20. The Balaban J connectivity index is 1.86. The summed E-state index contributed by atoms with van der Waals surface area (Å²) in [5.41, 5.74) is 0. The average Bonchev–Trinajstić information content (AvgIpc) is 2.41. The molecule has 0 aromatic rings. The van der Waals surface area contributed by atoms with Crippen molar-refractivity contribution in [1.29, 1.82) is 0 Å². The van der Waals surface area contributed by atoms with Gasteiger partial charge in [-0.25, -0.2) is 0 Å². The highest BCUT2D eigenvalue weighted by molar-refractivity contribution is 5.80. The van der Waals surface area contributed by atoms with Gasteiger partial charge in [0.15, 0.2) is 0 Å². The van der Waals surface area contributed by atoms with Crippen LogP contribution in [-0.2, 0) is 9.59 Å². The molecule has 2 fully saturated rings. The molecular weight excluding hydrogens is 242 g/mol. The second kappa shape index (κ2) is 6.40. The molecule has 108 valence electrons. The maximum Gasteiger partial charge on any atom is 0.306 e. The maximum atomic E-state index is 12.3. The minimum atomic E-state index is -0.747. The summed E-state index contributed by atoms with van der Waals surface area (Å²) in [5.74, 6) is -0.526. The van der Waals surface area contributed by atoms with Crippen molar-refractivity contribution in [2.45, 2.75) is 64.3 Å². The molecule has 0 heterocycles. The van der Waals surface area contributed by atoms with Crippen molar-refractivity contribution in [3.8, 4) is 0 Å². The number of nitrogens with one attached hydrogen (secondary N) is 1. The molecule has 0 saturated heterocycles. The highest BCUT2D eigenvalue weighted by Gasteiger charge is 2.32. The average molecular weight is 267 g/mol. The number of amides is 1. The third kappa shape index (κ3) is 3.71. The van der Waals surface area contributed by atoms with E-state index in [2.05, 4.69) is 12.2 Å². The fraction of sp³-hybridized carbons (Fsp3) is 0.867. The molecule has 2 saturated carbocycles. The van der Waals surface area contributed by atoms with Crippen LogP contribution < -0.4 is 5.32 Å². The van der Waals surface area contributed by atoms with Crippen LogP contribution >= 0.6 is 0 Å². The van der Waals surface area contributed by atoms with Crippen molar-refractivity contribution in [2.75, 3.05) is 0 Å². The first-order valence-corrected chi connectivity index (χ1v) is 7.61. The van der Waals surface area contributed by atoms with Crippen LogP contribution in [0.3, 0.4) is 0 Å². The maximum absolute atomic E-state index is 12.3. The lowest BCUT2D eigenvalue weighted by Gasteiger charge is -2.32. The Labute approximate surface area is 115 Å². The van der Waals surface area contributed by atoms with Crippen LogP contribution in [0.15, 0.2) is 0 Å². The number of hydrogen-bond donors (Lipinski definition) is 2. The summed E-state index contributed by atoms with van der Waals surface area (Å²) in [5, 5.41) is 12.2. The molecule has 4 unspecified atom stereocenters. The van der Waals surface area contributed by atoms with E-state index in [0.29, 0.717) is 18.4 Å². The standard InChI is InChI=1S/C15H25NO3/c1-10-5-2-3-8-13(10)16-14(17)11-6-4-7-12(9-11)15(18)19/h10-13H,2-9H2,1H3,(H,16,17)(H,18,19). The molecule has 0 aromatic carbocycles. The van der Waals surface area contributed by atoms with Crippen molar-refractivity contribution in [1.82, 2.24) is 5.32 Å². The molecule has 0 aromatic heterocycles. The minimum Gasteiger partial charge on any atom is -0.481 e. The zero-order chi connectivity index (χ0) is 13.8. The van der Waals surface area contributed by atoms with E-state index in [-0.39, 0.29) is 17.7 Å². The van der Waals surface area contributed by atoms with E-state index in [9.17, 15) is 9.59 Å². The summed E-state index contributed by atoms with van der Waals surface area (Å²) in [4.78, 5) is 23.3. The Morgan fingerprint density at radius 1 is 1.00 bits per heavy atom. The molecule has 1 amide bonds.